The quantitative estimate of drug-likeness (QED) is 0.670. The van der Waals surface area contributed by atoms with E-state index in [0.717, 1.165) is 4.31 Å². The van der Waals surface area contributed by atoms with Crippen LogP contribution in [0, 0.1) is 0 Å². The van der Waals surface area contributed by atoms with Gasteiger partial charge in [-0.15, -0.1) is 0 Å². The number of nitrogens with zero attached hydrogens (tertiary/aromatic N) is 1. The maximum absolute atomic E-state index is 11.1. The molecule has 1 N–H and O–H groups in total. The van der Waals surface area contributed by atoms with Crippen molar-refractivity contribution in [1.82, 2.24) is 4.31 Å². The lowest BCUT2D eigenvalue weighted by molar-refractivity contribution is -0.140. The zero-order valence-corrected chi connectivity index (χ0v) is 8.13. The first-order chi connectivity index (χ1) is 5.33. The van der Waals surface area contributed by atoms with E-state index < -0.39 is 22.0 Å². The van der Waals surface area contributed by atoms with Gasteiger partial charge in [0.15, 0.2) is 0 Å². The fraction of sp³-hybridized carbons (Fsp3) is 0.833. The minimum atomic E-state index is -3.39. The topological polar surface area (TPSA) is 74.7 Å². The molecule has 0 aliphatic carbocycles. The number of hydrogen-bond donors (Lipinski definition) is 1. The minimum Gasteiger partial charge on any atom is -0.480 e. The third-order valence-corrected chi connectivity index (χ3v) is 3.63. The first-order valence-corrected chi connectivity index (χ1v) is 5.12. The molecule has 0 amide bonds. The number of carbonyl (C=O) groups is 1. The summed E-state index contributed by atoms with van der Waals surface area (Å²) in [6, 6.07) is -1.00. The molecular weight excluding hydrogens is 182 g/mol. The summed E-state index contributed by atoms with van der Waals surface area (Å²) in [4.78, 5) is 10.4. The van der Waals surface area contributed by atoms with Crippen molar-refractivity contribution in [1.29, 1.82) is 0 Å². The van der Waals surface area contributed by atoms with Crippen LogP contribution in [-0.2, 0) is 14.8 Å². The van der Waals surface area contributed by atoms with Gasteiger partial charge >= 0.3 is 5.97 Å². The van der Waals surface area contributed by atoms with E-state index in [2.05, 4.69) is 0 Å². The Morgan fingerprint density at radius 1 is 1.58 bits per heavy atom. The molecule has 72 valence electrons. The minimum absolute atomic E-state index is 0.0822. The Hall–Kier alpha value is -0.620. The Bertz CT molecular complexity index is 259. The summed E-state index contributed by atoms with van der Waals surface area (Å²) in [5.41, 5.74) is 0. The normalized spacial score (nSPS) is 14.7. The van der Waals surface area contributed by atoms with E-state index in [1.54, 1.807) is 0 Å². The lowest BCUT2D eigenvalue weighted by Crippen LogP contribution is -2.40. The van der Waals surface area contributed by atoms with Crippen LogP contribution >= 0.6 is 0 Å². The van der Waals surface area contributed by atoms with Crippen LogP contribution in [0.3, 0.4) is 0 Å². The Morgan fingerprint density at radius 3 is 2.25 bits per heavy atom. The molecule has 0 aromatic rings. The van der Waals surface area contributed by atoms with Crippen molar-refractivity contribution < 1.29 is 18.3 Å². The van der Waals surface area contributed by atoms with Crippen LogP contribution < -0.4 is 0 Å². The average molecular weight is 195 g/mol. The van der Waals surface area contributed by atoms with Gasteiger partial charge in [0.05, 0.1) is 5.75 Å². The maximum atomic E-state index is 11.1. The predicted molar refractivity (Wildman–Crippen MR) is 44.3 cm³/mol. The second-order valence-electron chi connectivity index (χ2n) is 2.43. The third kappa shape index (κ3) is 2.46. The van der Waals surface area contributed by atoms with E-state index in [1.807, 2.05) is 0 Å². The SMILES string of the molecule is CCS(=O)(=O)N(C)C(C)C(=O)O. The van der Waals surface area contributed by atoms with Crippen LogP contribution in [0.4, 0.5) is 0 Å². The molecule has 0 bridgehead atoms. The summed E-state index contributed by atoms with van der Waals surface area (Å²) in [7, 11) is -2.13. The van der Waals surface area contributed by atoms with Crippen LogP contribution in [0.2, 0.25) is 0 Å². The molecule has 0 spiro atoms. The molecule has 0 saturated carbocycles. The zero-order chi connectivity index (χ0) is 9.94. The summed E-state index contributed by atoms with van der Waals surface area (Å²) in [6.07, 6.45) is 0. The molecule has 1 atom stereocenters. The highest BCUT2D eigenvalue weighted by Crippen LogP contribution is 2.03. The van der Waals surface area contributed by atoms with E-state index in [-0.39, 0.29) is 5.75 Å². The van der Waals surface area contributed by atoms with Gasteiger partial charge in [0.1, 0.15) is 6.04 Å². The highest BCUT2D eigenvalue weighted by molar-refractivity contribution is 7.89. The summed E-state index contributed by atoms with van der Waals surface area (Å²) < 4.78 is 23.1. The summed E-state index contributed by atoms with van der Waals surface area (Å²) in [6.45, 7) is 2.80. The lowest BCUT2D eigenvalue weighted by atomic mass is 10.4. The smallest absolute Gasteiger partial charge is 0.321 e. The molecule has 5 nitrogen and oxygen atoms in total. The van der Waals surface area contributed by atoms with Crippen molar-refractivity contribution in [2.45, 2.75) is 19.9 Å². The number of carboxylic acid groups (broad SMARTS) is 1. The van der Waals surface area contributed by atoms with Crippen molar-refractivity contribution in [2.24, 2.45) is 0 Å². The van der Waals surface area contributed by atoms with Crippen molar-refractivity contribution in [3.05, 3.63) is 0 Å². The Kier molecular flexibility index (Phi) is 3.66. The Labute approximate surface area is 72.0 Å². The number of hydrogen-bond acceptors (Lipinski definition) is 3. The third-order valence-electron chi connectivity index (χ3n) is 1.71. The lowest BCUT2D eigenvalue weighted by Gasteiger charge is -2.19. The van der Waals surface area contributed by atoms with Gasteiger partial charge in [-0.05, 0) is 13.8 Å². The number of carboxylic acids is 1. The van der Waals surface area contributed by atoms with Crippen LogP contribution in [0.5, 0.6) is 0 Å². The van der Waals surface area contributed by atoms with E-state index in [0.29, 0.717) is 0 Å². The Balaban J connectivity index is 4.61. The molecule has 0 heterocycles. The van der Waals surface area contributed by atoms with Crippen LogP contribution in [-0.4, -0.2) is 42.6 Å². The highest BCUT2D eigenvalue weighted by atomic mass is 32.2. The average Bonchev–Trinajstić information content (AvgIpc) is 2.01. The molecule has 0 aromatic heterocycles. The number of rotatable bonds is 4. The molecule has 6 heteroatoms. The molecule has 1 unspecified atom stereocenters. The van der Waals surface area contributed by atoms with Crippen LogP contribution in [0.25, 0.3) is 0 Å². The molecule has 0 aliphatic heterocycles. The van der Waals surface area contributed by atoms with Gasteiger partial charge in [-0.2, -0.15) is 4.31 Å². The summed E-state index contributed by atoms with van der Waals surface area (Å²) in [5, 5.41) is 8.51. The molecule has 0 radical (unpaired) electrons. The van der Waals surface area contributed by atoms with Gasteiger partial charge in [0.25, 0.3) is 0 Å². The van der Waals surface area contributed by atoms with E-state index in [9.17, 15) is 13.2 Å². The molecule has 0 saturated heterocycles. The fourth-order valence-corrected chi connectivity index (χ4v) is 1.58. The number of likely N-dealkylation sites (N-methyl/N-ethyl adjacent to an activating group) is 1. The molecule has 0 rings (SSSR count). The summed E-state index contributed by atoms with van der Waals surface area (Å²) in [5.74, 6) is -1.23. The second-order valence-corrected chi connectivity index (χ2v) is 4.75. The Morgan fingerprint density at radius 2 is 2.00 bits per heavy atom. The van der Waals surface area contributed by atoms with Gasteiger partial charge in [0, 0.05) is 7.05 Å². The standard InChI is InChI=1S/C6H13NO4S/c1-4-12(10,11)7(3)5(2)6(8)9/h5H,4H2,1-3H3,(H,8,9). The molecule has 0 fully saturated rings. The molecule has 0 aliphatic rings. The van der Waals surface area contributed by atoms with E-state index in [1.165, 1.54) is 20.9 Å². The van der Waals surface area contributed by atoms with Crippen LogP contribution in [0.15, 0.2) is 0 Å². The van der Waals surface area contributed by atoms with Gasteiger partial charge in [-0.1, -0.05) is 0 Å². The van der Waals surface area contributed by atoms with E-state index in [4.69, 9.17) is 5.11 Å². The van der Waals surface area contributed by atoms with Crippen molar-refractivity contribution in [3.8, 4) is 0 Å². The molecule has 12 heavy (non-hydrogen) atoms. The van der Waals surface area contributed by atoms with Gasteiger partial charge in [-0.3, -0.25) is 4.79 Å². The maximum Gasteiger partial charge on any atom is 0.321 e. The largest absolute Gasteiger partial charge is 0.480 e. The van der Waals surface area contributed by atoms with Crippen molar-refractivity contribution in [2.75, 3.05) is 12.8 Å². The van der Waals surface area contributed by atoms with E-state index >= 15 is 0 Å². The molecule has 0 aromatic carbocycles. The van der Waals surface area contributed by atoms with Gasteiger partial charge in [-0.25, -0.2) is 8.42 Å². The number of sulfonamides is 1. The molecular formula is C6H13NO4S. The predicted octanol–water partition coefficient (Wildman–Crippen LogP) is -0.259. The fourth-order valence-electron chi connectivity index (χ4n) is 0.600. The monoisotopic (exact) mass is 195 g/mol. The zero-order valence-electron chi connectivity index (χ0n) is 7.31. The highest BCUT2D eigenvalue weighted by Gasteiger charge is 2.25. The van der Waals surface area contributed by atoms with Crippen LogP contribution in [0.1, 0.15) is 13.8 Å². The second kappa shape index (κ2) is 3.86. The van der Waals surface area contributed by atoms with Crippen molar-refractivity contribution in [3.63, 3.8) is 0 Å². The first kappa shape index (κ1) is 11.4. The number of aliphatic carboxylic acids is 1. The summed E-state index contributed by atoms with van der Waals surface area (Å²) >= 11 is 0. The van der Waals surface area contributed by atoms with Gasteiger partial charge in [0.2, 0.25) is 10.0 Å². The van der Waals surface area contributed by atoms with Crippen molar-refractivity contribution >= 4 is 16.0 Å². The first-order valence-electron chi connectivity index (χ1n) is 3.51. The van der Waals surface area contributed by atoms with Gasteiger partial charge < -0.3 is 5.11 Å².